The minimum atomic E-state index is -1.03. The minimum Gasteiger partial charge on any atom is -0.478 e. The number of carbonyl (C=O) groups excluding carboxylic acids is 1. The van der Waals surface area contributed by atoms with Crippen LogP contribution in [0.25, 0.3) is 0 Å². The number of halogens is 1. The van der Waals surface area contributed by atoms with Crippen molar-refractivity contribution in [1.29, 1.82) is 0 Å². The van der Waals surface area contributed by atoms with Gasteiger partial charge in [0.2, 0.25) is 5.91 Å². The number of nitrogens with one attached hydrogen (secondary N) is 1. The van der Waals surface area contributed by atoms with Crippen LogP contribution in [-0.4, -0.2) is 23.0 Å². The van der Waals surface area contributed by atoms with Crippen molar-refractivity contribution in [2.75, 3.05) is 5.32 Å². The van der Waals surface area contributed by atoms with Crippen LogP contribution in [0.2, 0.25) is 0 Å². The molecule has 0 aromatic heterocycles. The summed E-state index contributed by atoms with van der Waals surface area (Å²) >= 11 is 3.24. The van der Waals surface area contributed by atoms with E-state index in [1.165, 1.54) is 12.1 Å². The highest BCUT2D eigenvalue weighted by atomic mass is 79.9. The molecule has 6 heteroatoms. The lowest BCUT2D eigenvalue weighted by Crippen LogP contribution is -2.40. The lowest BCUT2D eigenvalue weighted by molar-refractivity contribution is -0.121. The van der Waals surface area contributed by atoms with Crippen molar-refractivity contribution in [1.82, 2.24) is 0 Å². The maximum atomic E-state index is 12.2. The molecule has 1 amide bonds. The number of carboxylic acids is 1. The summed E-state index contributed by atoms with van der Waals surface area (Å²) in [5.74, 6) is -1.36. The quantitative estimate of drug-likeness (QED) is 0.788. The van der Waals surface area contributed by atoms with Crippen molar-refractivity contribution < 1.29 is 14.7 Å². The zero-order valence-corrected chi connectivity index (χ0v) is 12.5. The van der Waals surface area contributed by atoms with Crippen molar-refractivity contribution in [2.24, 2.45) is 11.7 Å². The van der Waals surface area contributed by atoms with Crippen LogP contribution in [0, 0.1) is 5.92 Å². The molecule has 4 N–H and O–H groups in total. The molecule has 1 saturated carbocycles. The molecule has 5 nitrogen and oxygen atoms in total. The number of benzene rings is 1. The third kappa shape index (κ3) is 3.58. The molecule has 2 unspecified atom stereocenters. The fourth-order valence-electron chi connectivity index (χ4n) is 2.51. The number of rotatable bonds is 3. The van der Waals surface area contributed by atoms with Crippen LogP contribution in [0.3, 0.4) is 0 Å². The number of anilines is 1. The number of aromatic carboxylic acids is 1. The predicted octanol–water partition coefficient (Wildman–Crippen LogP) is 2.60. The van der Waals surface area contributed by atoms with E-state index < -0.39 is 5.97 Å². The molecule has 0 radical (unpaired) electrons. The zero-order chi connectivity index (χ0) is 14.7. The second-order valence-corrected chi connectivity index (χ2v) is 5.99. The predicted molar refractivity (Wildman–Crippen MR) is 79.7 cm³/mol. The van der Waals surface area contributed by atoms with E-state index in [4.69, 9.17) is 10.8 Å². The molecule has 0 heterocycles. The van der Waals surface area contributed by atoms with Crippen LogP contribution in [-0.2, 0) is 4.79 Å². The summed E-state index contributed by atoms with van der Waals surface area (Å²) in [5, 5.41) is 11.8. The van der Waals surface area contributed by atoms with E-state index in [1.54, 1.807) is 6.07 Å². The minimum absolute atomic E-state index is 0.116. The Hall–Kier alpha value is -1.40. The van der Waals surface area contributed by atoms with E-state index in [-0.39, 0.29) is 23.4 Å². The first-order chi connectivity index (χ1) is 9.47. The van der Waals surface area contributed by atoms with Gasteiger partial charge in [-0.25, -0.2) is 4.79 Å². The molecule has 0 saturated heterocycles. The molecule has 20 heavy (non-hydrogen) atoms. The van der Waals surface area contributed by atoms with Gasteiger partial charge >= 0.3 is 5.97 Å². The first-order valence-corrected chi connectivity index (χ1v) is 7.37. The highest BCUT2D eigenvalue weighted by Gasteiger charge is 2.28. The SMILES string of the molecule is NC1CCCCC1C(=O)Nc1cc(Br)cc(C(=O)O)c1. The molecule has 1 fully saturated rings. The van der Waals surface area contributed by atoms with Gasteiger partial charge in [-0.05, 0) is 31.0 Å². The molecule has 0 spiro atoms. The van der Waals surface area contributed by atoms with Gasteiger partial charge < -0.3 is 16.2 Å². The first-order valence-electron chi connectivity index (χ1n) is 6.57. The second kappa shape index (κ2) is 6.37. The standard InChI is InChI=1S/C14H17BrN2O3/c15-9-5-8(14(19)20)6-10(7-9)17-13(18)11-3-1-2-4-12(11)16/h5-7,11-12H,1-4,16H2,(H,17,18)(H,19,20). The van der Waals surface area contributed by atoms with Gasteiger partial charge in [0.15, 0.2) is 0 Å². The Kier molecular flexibility index (Phi) is 4.77. The Morgan fingerprint density at radius 3 is 2.60 bits per heavy atom. The van der Waals surface area contributed by atoms with Gasteiger partial charge in [-0.1, -0.05) is 28.8 Å². The average molecular weight is 341 g/mol. The van der Waals surface area contributed by atoms with Gasteiger partial charge in [-0.2, -0.15) is 0 Å². The summed E-state index contributed by atoms with van der Waals surface area (Å²) in [6.07, 6.45) is 3.71. The van der Waals surface area contributed by atoms with Gasteiger partial charge in [0.05, 0.1) is 11.5 Å². The van der Waals surface area contributed by atoms with Gasteiger partial charge in [-0.15, -0.1) is 0 Å². The maximum Gasteiger partial charge on any atom is 0.335 e. The fraction of sp³-hybridized carbons (Fsp3) is 0.429. The number of hydrogen-bond donors (Lipinski definition) is 3. The molecule has 2 atom stereocenters. The number of carbonyl (C=O) groups is 2. The Morgan fingerprint density at radius 2 is 1.95 bits per heavy atom. The van der Waals surface area contributed by atoms with Crippen LogP contribution in [0.4, 0.5) is 5.69 Å². The third-order valence-electron chi connectivity index (χ3n) is 3.57. The topological polar surface area (TPSA) is 92.4 Å². The summed E-state index contributed by atoms with van der Waals surface area (Å²) < 4.78 is 0.612. The molecular weight excluding hydrogens is 324 g/mol. The molecule has 0 bridgehead atoms. The van der Waals surface area contributed by atoms with Crippen molar-refractivity contribution in [3.05, 3.63) is 28.2 Å². The zero-order valence-electron chi connectivity index (χ0n) is 10.9. The van der Waals surface area contributed by atoms with E-state index in [1.807, 2.05) is 0 Å². The van der Waals surface area contributed by atoms with E-state index in [9.17, 15) is 9.59 Å². The highest BCUT2D eigenvalue weighted by Crippen LogP contribution is 2.25. The Labute approximate surface area is 125 Å². The lowest BCUT2D eigenvalue weighted by atomic mass is 9.84. The summed E-state index contributed by atoms with van der Waals surface area (Å²) in [4.78, 5) is 23.2. The second-order valence-electron chi connectivity index (χ2n) is 5.08. The van der Waals surface area contributed by atoms with Crippen molar-refractivity contribution in [3.63, 3.8) is 0 Å². The number of nitrogens with two attached hydrogens (primary N) is 1. The van der Waals surface area contributed by atoms with Gasteiger partial charge in [0, 0.05) is 16.2 Å². The molecule has 1 aliphatic carbocycles. The highest BCUT2D eigenvalue weighted by molar-refractivity contribution is 9.10. The van der Waals surface area contributed by atoms with E-state index >= 15 is 0 Å². The van der Waals surface area contributed by atoms with E-state index in [2.05, 4.69) is 21.2 Å². The molecular formula is C14H17BrN2O3. The van der Waals surface area contributed by atoms with Gasteiger partial charge in [0.1, 0.15) is 0 Å². The molecule has 1 aromatic rings. The Balaban J connectivity index is 2.13. The lowest BCUT2D eigenvalue weighted by Gasteiger charge is -2.27. The number of hydrogen-bond acceptors (Lipinski definition) is 3. The van der Waals surface area contributed by atoms with E-state index in [0.29, 0.717) is 10.2 Å². The summed E-state index contributed by atoms with van der Waals surface area (Å²) in [5.41, 5.74) is 6.58. The van der Waals surface area contributed by atoms with E-state index in [0.717, 1.165) is 25.7 Å². The van der Waals surface area contributed by atoms with Crippen LogP contribution < -0.4 is 11.1 Å². The fourth-order valence-corrected chi connectivity index (χ4v) is 3.00. The Bertz CT molecular complexity index is 533. The van der Waals surface area contributed by atoms with Crippen LogP contribution >= 0.6 is 15.9 Å². The molecule has 2 rings (SSSR count). The first kappa shape index (κ1) is 15.0. The smallest absolute Gasteiger partial charge is 0.335 e. The molecule has 1 aliphatic rings. The monoisotopic (exact) mass is 340 g/mol. The molecule has 0 aliphatic heterocycles. The third-order valence-corrected chi connectivity index (χ3v) is 4.03. The van der Waals surface area contributed by atoms with Crippen molar-refractivity contribution in [2.45, 2.75) is 31.7 Å². The summed E-state index contributed by atoms with van der Waals surface area (Å²) in [6.45, 7) is 0. The molecule has 108 valence electrons. The normalized spacial score (nSPS) is 22.3. The molecule has 1 aromatic carbocycles. The largest absolute Gasteiger partial charge is 0.478 e. The van der Waals surface area contributed by atoms with Gasteiger partial charge in [0.25, 0.3) is 0 Å². The van der Waals surface area contributed by atoms with Gasteiger partial charge in [-0.3, -0.25) is 4.79 Å². The van der Waals surface area contributed by atoms with Crippen LogP contribution in [0.1, 0.15) is 36.0 Å². The average Bonchev–Trinajstić information content (AvgIpc) is 2.38. The van der Waals surface area contributed by atoms with Crippen LogP contribution in [0.15, 0.2) is 22.7 Å². The summed E-state index contributed by atoms with van der Waals surface area (Å²) in [7, 11) is 0. The summed E-state index contributed by atoms with van der Waals surface area (Å²) in [6, 6.07) is 4.50. The van der Waals surface area contributed by atoms with Crippen molar-refractivity contribution >= 4 is 33.5 Å². The Morgan fingerprint density at radius 1 is 1.25 bits per heavy atom. The van der Waals surface area contributed by atoms with Crippen molar-refractivity contribution in [3.8, 4) is 0 Å². The van der Waals surface area contributed by atoms with Crippen LogP contribution in [0.5, 0.6) is 0 Å². The number of amides is 1. The maximum absolute atomic E-state index is 12.2. The number of carboxylic acid groups (broad SMARTS) is 1.